The smallest absolute Gasteiger partial charge is 0.335 e. The fourth-order valence-electron chi connectivity index (χ4n) is 4.08. The van der Waals surface area contributed by atoms with Crippen molar-refractivity contribution in [1.29, 1.82) is 0 Å². The molecule has 3 aromatic carbocycles. The van der Waals surface area contributed by atoms with Crippen molar-refractivity contribution in [2.45, 2.75) is 32.7 Å². The van der Waals surface area contributed by atoms with Crippen LogP contribution >= 0.6 is 0 Å². The minimum atomic E-state index is -0.951. The number of aromatic carboxylic acids is 1. The SMILES string of the molecule is CCCCc1nc(-c2ccc(C(=O)O)cc2)n(Cc2ccc(-c3ccccc3-c3nn[nH]n3)cc2)n1. The van der Waals surface area contributed by atoms with Crippen LogP contribution in [0.3, 0.4) is 0 Å². The van der Waals surface area contributed by atoms with Gasteiger partial charge in [0.05, 0.1) is 12.1 Å². The van der Waals surface area contributed by atoms with Gasteiger partial charge in [-0.3, -0.25) is 0 Å². The van der Waals surface area contributed by atoms with E-state index in [1.807, 2.05) is 28.9 Å². The van der Waals surface area contributed by atoms with Crippen molar-refractivity contribution in [3.05, 3.63) is 89.7 Å². The number of nitrogens with zero attached hydrogens (tertiary/aromatic N) is 6. The van der Waals surface area contributed by atoms with Gasteiger partial charge < -0.3 is 5.11 Å². The van der Waals surface area contributed by atoms with E-state index in [0.717, 1.165) is 58.7 Å². The Morgan fingerprint density at radius 3 is 2.33 bits per heavy atom. The maximum Gasteiger partial charge on any atom is 0.335 e. The number of carboxylic acids is 1. The highest BCUT2D eigenvalue weighted by Crippen LogP contribution is 2.30. The fraction of sp³-hybridized carbons (Fsp3) is 0.185. The molecule has 5 rings (SSSR count). The second-order valence-corrected chi connectivity index (χ2v) is 8.47. The van der Waals surface area contributed by atoms with Crippen LogP contribution in [0.4, 0.5) is 0 Å². The molecule has 0 saturated carbocycles. The monoisotopic (exact) mass is 479 g/mol. The first kappa shape index (κ1) is 23.1. The molecule has 0 fully saturated rings. The molecule has 0 atom stereocenters. The zero-order valence-corrected chi connectivity index (χ0v) is 19.8. The third-order valence-corrected chi connectivity index (χ3v) is 5.97. The average molecular weight is 480 g/mol. The Morgan fingerprint density at radius 1 is 0.944 bits per heavy atom. The minimum Gasteiger partial charge on any atom is -0.478 e. The van der Waals surface area contributed by atoms with Crippen molar-refractivity contribution in [3.8, 4) is 33.9 Å². The molecule has 0 aliphatic heterocycles. The molecule has 2 aromatic heterocycles. The summed E-state index contributed by atoms with van der Waals surface area (Å²) in [6.45, 7) is 2.68. The Kier molecular flexibility index (Phi) is 6.61. The molecule has 36 heavy (non-hydrogen) atoms. The number of unbranched alkanes of at least 4 members (excludes halogenated alkanes) is 1. The zero-order valence-electron chi connectivity index (χ0n) is 19.8. The summed E-state index contributed by atoms with van der Waals surface area (Å²) in [6, 6.07) is 23.0. The first-order valence-corrected chi connectivity index (χ1v) is 11.8. The summed E-state index contributed by atoms with van der Waals surface area (Å²) < 4.78 is 1.89. The number of benzene rings is 3. The van der Waals surface area contributed by atoms with Crippen molar-refractivity contribution in [2.24, 2.45) is 0 Å². The van der Waals surface area contributed by atoms with Gasteiger partial charge in [0.25, 0.3) is 0 Å². The number of nitrogens with one attached hydrogen (secondary N) is 1. The highest BCUT2D eigenvalue weighted by molar-refractivity contribution is 5.88. The summed E-state index contributed by atoms with van der Waals surface area (Å²) in [4.78, 5) is 16.0. The van der Waals surface area contributed by atoms with E-state index in [2.05, 4.69) is 51.8 Å². The third kappa shape index (κ3) is 4.90. The lowest BCUT2D eigenvalue weighted by molar-refractivity contribution is 0.0697. The zero-order chi connectivity index (χ0) is 24.9. The quantitative estimate of drug-likeness (QED) is 0.309. The van der Waals surface area contributed by atoms with Gasteiger partial charge >= 0.3 is 5.97 Å². The Balaban J connectivity index is 1.43. The number of carboxylic acid groups (broad SMARTS) is 1. The molecule has 0 unspecified atom stereocenters. The van der Waals surface area contributed by atoms with Crippen molar-refractivity contribution in [1.82, 2.24) is 35.4 Å². The molecule has 0 bridgehead atoms. The van der Waals surface area contributed by atoms with Gasteiger partial charge in [-0.15, -0.1) is 10.2 Å². The van der Waals surface area contributed by atoms with Crippen LogP contribution in [0.1, 0.15) is 41.5 Å². The highest BCUT2D eigenvalue weighted by atomic mass is 16.4. The van der Waals surface area contributed by atoms with Crippen LogP contribution in [0.25, 0.3) is 33.9 Å². The maximum absolute atomic E-state index is 11.3. The van der Waals surface area contributed by atoms with Crippen molar-refractivity contribution in [2.75, 3.05) is 0 Å². The number of tetrazole rings is 1. The van der Waals surface area contributed by atoms with Crippen molar-refractivity contribution >= 4 is 5.97 Å². The summed E-state index contributed by atoms with van der Waals surface area (Å²) in [5, 5.41) is 28.4. The Morgan fingerprint density at radius 2 is 1.67 bits per heavy atom. The van der Waals surface area contributed by atoms with Gasteiger partial charge in [0.15, 0.2) is 11.6 Å². The molecule has 0 radical (unpaired) electrons. The Labute approximate surface area is 207 Å². The van der Waals surface area contributed by atoms with Gasteiger partial charge in [0, 0.05) is 17.5 Å². The maximum atomic E-state index is 11.3. The molecule has 0 aliphatic carbocycles. The van der Waals surface area contributed by atoms with Crippen LogP contribution in [-0.2, 0) is 13.0 Å². The second-order valence-electron chi connectivity index (χ2n) is 8.47. The second kappa shape index (κ2) is 10.3. The van der Waals surface area contributed by atoms with E-state index in [9.17, 15) is 9.90 Å². The highest BCUT2D eigenvalue weighted by Gasteiger charge is 2.15. The lowest BCUT2D eigenvalue weighted by atomic mass is 9.98. The minimum absolute atomic E-state index is 0.243. The standard InChI is InChI=1S/C27H25N7O2/c1-2-3-8-24-28-26(20-13-15-21(16-14-20)27(35)36)34(31-24)17-18-9-11-19(12-10-18)22-6-4-5-7-23(22)25-29-32-33-30-25/h4-7,9-16H,2-3,8,17H2,1H3,(H,35,36)(H,29,30,32,33). The molecule has 0 amide bonds. The lowest BCUT2D eigenvalue weighted by Crippen LogP contribution is -2.05. The van der Waals surface area contributed by atoms with E-state index in [4.69, 9.17) is 10.1 Å². The van der Waals surface area contributed by atoms with Gasteiger partial charge in [-0.1, -0.05) is 74.0 Å². The van der Waals surface area contributed by atoms with E-state index in [-0.39, 0.29) is 5.56 Å². The number of carbonyl (C=O) groups is 1. The first-order valence-electron chi connectivity index (χ1n) is 11.8. The van der Waals surface area contributed by atoms with Crippen LogP contribution in [-0.4, -0.2) is 46.5 Å². The van der Waals surface area contributed by atoms with Crippen LogP contribution in [0.2, 0.25) is 0 Å². The fourth-order valence-corrected chi connectivity index (χ4v) is 4.08. The number of aryl methyl sites for hydroxylation is 1. The summed E-state index contributed by atoms with van der Waals surface area (Å²) in [5.41, 5.74) is 5.13. The largest absolute Gasteiger partial charge is 0.478 e. The average Bonchev–Trinajstić information content (AvgIpc) is 3.59. The number of aromatic amines is 1. The molecule has 0 spiro atoms. The summed E-state index contributed by atoms with van der Waals surface area (Å²) >= 11 is 0. The number of hydrogen-bond acceptors (Lipinski definition) is 6. The Hall–Kier alpha value is -4.66. The molecular formula is C27H25N7O2. The Bertz CT molecular complexity index is 1460. The van der Waals surface area contributed by atoms with Crippen LogP contribution in [0.5, 0.6) is 0 Å². The van der Waals surface area contributed by atoms with E-state index in [0.29, 0.717) is 12.4 Å². The molecule has 0 saturated heterocycles. The normalized spacial score (nSPS) is 11.0. The summed E-state index contributed by atoms with van der Waals surface area (Å²) in [7, 11) is 0. The summed E-state index contributed by atoms with van der Waals surface area (Å²) in [5.74, 6) is 1.12. The molecular weight excluding hydrogens is 454 g/mol. The summed E-state index contributed by atoms with van der Waals surface area (Å²) in [6.07, 6.45) is 2.87. The van der Waals surface area contributed by atoms with Gasteiger partial charge in [0.1, 0.15) is 0 Å². The van der Waals surface area contributed by atoms with Gasteiger partial charge in [0.2, 0.25) is 5.82 Å². The van der Waals surface area contributed by atoms with Gasteiger partial charge in [-0.2, -0.15) is 10.3 Å². The number of hydrogen-bond donors (Lipinski definition) is 2. The molecule has 2 heterocycles. The molecule has 9 heteroatoms. The number of rotatable bonds is 9. The van der Waals surface area contributed by atoms with Crippen LogP contribution in [0, 0.1) is 0 Å². The van der Waals surface area contributed by atoms with E-state index < -0.39 is 5.97 Å². The topological polar surface area (TPSA) is 122 Å². The van der Waals surface area contributed by atoms with Gasteiger partial charge in [-0.25, -0.2) is 14.5 Å². The molecule has 2 N–H and O–H groups in total. The van der Waals surface area contributed by atoms with E-state index in [1.165, 1.54) is 0 Å². The predicted molar refractivity (Wildman–Crippen MR) is 135 cm³/mol. The van der Waals surface area contributed by atoms with Gasteiger partial charge in [-0.05, 0) is 40.5 Å². The molecule has 180 valence electrons. The lowest BCUT2D eigenvalue weighted by Gasteiger charge is -2.09. The number of aromatic nitrogens is 7. The van der Waals surface area contributed by atoms with E-state index >= 15 is 0 Å². The third-order valence-electron chi connectivity index (χ3n) is 5.97. The van der Waals surface area contributed by atoms with Crippen LogP contribution in [0.15, 0.2) is 72.8 Å². The molecule has 0 aliphatic rings. The van der Waals surface area contributed by atoms with Crippen molar-refractivity contribution < 1.29 is 9.90 Å². The molecule has 5 aromatic rings. The van der Waals surface area contributed by atoms with Crippen LogP contribution < -0.4 is 0 Å². The molecule has 9 nitrogen and oxygen atoms in total. The van der Waals surface area contributed by atoms with E-state index in [1.54, 1.807) is 24.3 Å². The first-order chi connectivity index (χ1) is 17.6. The predicted octanol–water partition coefficient (Wildman–Crippen LogP) is 4.88. The van der Waals surface area contributed by atoms with Crippen molar-refractivity contribution in [3.63, 3.8) is 0 Å². The number of H-pyrrole nitrogens is 1.